The topological polar surface area (TPSA) is 32.3 Å². The molecule has 0 amide bonds. The second kappa shape index (κ2) is 5.22. The molecular weight excluding hydrogens is 186 g/mol. The summed E-state index contributed by atoms with van der Waals surface area (Å²) in [6.45, 7) is 0.152. The summed E-state index contributed by atoms with van der Waals surface area (Å²) in [7, 11) is 1.84. The van der Waals surface area contributed by atoms with E-state index in [-0.39, 0.29) is 12.6 Å². The zero-order valence-electron chi connectivity index (χ0n) is 7.63. The third-order valence-electron chi connectivity index (χ3n) is 2.02. The van der Waals surface area contributed by atoms with E-state index in [0.717, 1.165) is 11.4 Å². The minimum atomic E-state index is 0.126. The van der Waals surface area contributed by atoms with Gasteiger partial charge in [-0.3, -0.25) is 0 Å². The van der Waals surface area contributed by atoms with Crippen molar-refractivity contribution in [3.63, 3.8) is 0 Å². The van der Waals surface area contributed by atoms with Crippen LogP contribution in [-0.2, 0) is 6.42 Å². The maximum absolute atomic E-state index is 8.95. The first-order chi connectivity index (χ1) is 6.26. The Hall–Kier alpha value is -0.570. The molecule has 0 aliphatic heterocycles. The van der Waals surface area contributed by atoms with Crippen LogP contribution in [0, 0.1) is 0 Å². The molecule has 1 aromatic rings. The lowest BCUT2D eigenvalue weighted by Gasteiger charge is -2.12. The van der Waals surface area contributed by atoms with E-state index in [4.69, 9.17) is 16.7 Å². The van der Waals surface area contributed by atoms with Gasteiger partial charge < -0.3 is 10.4 Å². The van der Waals surface area contributed by atoms with Gasteiger partial charge in [0, 0.05) is 11.1 Å². The Morgan fingerprint density at radius 1 is 1.38 bits per heavy atom. The standard InChI is InChI=1S/C10H14ClNO/c1-12-10(7-13)6-8-2-4-9(11)5-3-8/h2-5,10,12-13H,6-7H2,1H3/t10-/m0/s1. The molecule has 2 nitrogen and oxygen atoms in total. The van der Waals surface area contributed by atoms with E-state index in [2.05, 4.69) is 5.32 Å². The molecule has 0 saturated heterocycles. The number of likely N-dealkylation sites (N-methyl/N-ethyl adjacent to an activating group) is 1. The fraction of sp³-hybridized carbons (Fsp3) is 0.400. The van der Waals surface area contributed by atoms with Crippen molar-refractivity contribution in [1.82, 2.24) is 5.32 Å². The Morgan fingerprint density at radius 3 is 2.46 bits per heavy atom. The number of aliphatic hydroxyl groups excluding tert-OH is 1. The Balaban J connectivity index is 2.58. The molecule has 13 heavy (non-hydrogen) atoms. The van der Waals surface area contributed by atoms with Crippen molar-refractivity contribution in [1.29, 1.82) is 0 Å². The van der Waals surface area contributed by atoms with Gasteiger partial charge in [-0.05, 0) is 31.2 Å². The minimum Gasteiger partial charge on any atom is -0.395 e. The van der Waals surface area contributed by atoms with Crippen LogP contribution in [0.25, 0.3) is 0 Å². The van der Waals surface area contributed by atoms with E-state index in [1.807, 2.05) is 31.3 Å². The molecule has 0 fully saturated rings. The van der Waals surface area contributed by atoms with Gasteiger partial charge in [-0.25, -0.2) is 0 Å². The molecule has 0 unspecified atom stereocenters. The number of nitrogens with one attached hydrogen (secondary N) is 1. The molecule has 0 radical (unpaired) electrons. The van der Waals surface area contributed by atoms with Gasteiger partial charge in [0.05, 0.1) is 6.61 Å². The number of benzene rings is 1. The van der Waals surface area contributed by atoms with Crippen molar-refractivity contribution < 1.29 is 5.11 Å². The van der Waals surface area contributed by atoms with Crippen molar-refractivity contribution >= 4 is 11.6 Å². The third kappa shape index (κ3) is 3.35. The minimum absolute atomic E-state index is 0.126. The molecule has 3 heteroatoms. The highest BCUT2D eigenvalue weighted by Crippen LogP contribution is 2.10. The van der Waals surface area contributed by atoms with Crippen LogP contribution in [0.2, 0.25) is 5.02 Å². The normalized spacial score (nSPS) is 12.8. The molecule has 0 aromatic heterocycles. The summed E-state index contributed by atoms with van der Waals surface area (Å²) >= 11 is 5.75. The monoisotopic (exact) mass is 199 g/mol. The molecule has 0 aliphatic rings. The Bertz CT molecular complexity index is 244. The molecule has 1 aromatic carbocycles. The van der Waals surface area contributed by atoms with Crippen LogP contribution in [0.3, 0.4) is 0 Å². The van der Waals surface area contributed by atoms with Gasteiger partial charge in [0.25, 0.3) is 0 Å². The highest BCUT2D eigenvalue weighted by atomic mass is 35.5. The van der Waals surface area contributed by atoms with Crippen LogP contribution < -0.4 is 5.32 Å². The highest BCUT2D eigenvalue weighted by molar-refractivity contribution is 6.30. The van der Waals surface area contributed by atoms with Crippen LogP contribution in [-0.4, -0.2) is 24.8 Å². The van der Waals surface area contributed by atoms with Gasteiger partial charge in [0.2, 0.25) is 0 Å². The zero-order chi connectivity index (χ0) is 9.68. The lowest BCUT2D eigenvalue weighted by molar-refractivity contribution is 0.248. The lowest BCUT2D eigenvalue weighted by atomic mass is 10.1. The summed E-state index contributed by atoms with van der Waals surface area (Å²) < 4.78 is 0. The molecule has 2 N–H and O–H groups in total. The molecule has 0 bridgehead atoms. The smallest absolute Gasteiger partial charge is 0.0587 e. The molecule has 0 heterocycles. The van der Waals surface area contributed by atoms with Crippen LogP contribution in [0.5, 0.6) is 0 Å². The molecule has 0 aliphatic carbocycles. The summed E-state index contributed by atoms with van der Waals surface area (Å²) in [5.74, 6) is 0. The number of hydrogen-bond acceptors (Lipinski definition) is 2. The Labute approximate surface area is 83.5 Å². The Kier molecular flexibility index (Phi) is 4.22. The molecule has 1 atom stereocenters. The van der Waals surface area contributed by atoms with E-state index in [0.29, 0.717) is 0 Å². The number of aliphatic hydroxyl groups is 1. The third-order valence-corrected chi connectivity index (χ3v) is 2.28. The predicted octanol–water partition coefficient (Wildman–Crippen LogP) is 1.46. The van der Waals surface area contributed by atoms with E-state index >= 15 is 0 Å². The van der Waals surface area contributed by atoms with Crippen LogP contribution in [0.15, 0.2) is 24.3 Å². The summed E-state index contributed by atoms with van der Waals surface area (Å²) in [6.07, 6.45) is 0.824. The maximum Gasteiger partial charge on any atom is 0.0587 e. The van der Waals surface area contributed by atoms with Crippen LogP contribution >= 0.6 is 11.6 Å². The fourth-order valence-corrected chi connectivity index (χ4v) is 1.29. The van der Waals surface area contributed by atoms with Crippen LogP contribution in [0.4, 0.5) is 0 Å². The molecule has 0 saturated carbocycles. The molecular formula is C10H14ClNO. The number of halogens is 1. The average Bonchev–Trinajstić information content (AvgIpc) is 2.17. The molecule has 0 spiro atoms. The number of hydrogen-bond donors (Lipinski definition) is 2. The first-order valence-corrected chi connectivity index (χ1v) is 4.66. The van der Waals surface area contributed by atoms with Crippen molar-refractivity contribution in [2.24, 2.45) is 0 Å². The van der Waals surface area contributed by atoms with Gasteiger partial charge in [0.15, 0.2) is 0 Å². The van der Waals surface area contributed by atoms with Crippen molar-refractivity contribution in [3.05, 3.63) is 34.9 Å². The summed E-state index contributed by atoms with van der Waals surface area (Å²) in [5, 5.41) is 12.7. The summed E-state index contributed by atoms with van der Waals surface area (Å²) in [6, 6.07) is 7.80. The summed E-state index contributed by atoms with van der Waals surface area (Å²) in [5.41, 5.74) is 1.18. The van der Waals surface area contributed by atoms with Gasteiger partial charge in [-0.15, -0.1) is 0 Å². The van der Waals surface area contributed by atoms with Gasteiger partial charge in [-0.2, -0.15) is 0 Å². The molecule has 72 valence electrons. The predicted molar refractivity (Wildman–Crippen MR) is 55.1 cm³/mol. The first kappa shape index (κ1) is 10.5. The van der Waals surface area contributed by atoms with E-state index in [9.17, 15) is 0 Å². The molecule has 1 rings (SSSR count). The van der Waals surface area contributed by atoms with Gasteiger partial charge in [-0.1, -0.05) is 23.7 Å². The highest BCUT2D eigenvalue weighted by Gasteiger charge is 2.04. The van der Waals surface area contributed by atoms with Gasteiger partial charge >= 0.3 is 0 Å². The SMILES string of the molecule is CN[C@H](CO)Cc1ccc(Cl)cc1. The number of rotatable bonds is 4. The zero-order valence-corrected chi connectivity index (χ0v) is 8.38. The average molecular weight is 200 g/mol. The van der Waals surface area contributed by atoms with E-state index < -0.39 is 0 Å². The summed E-state index contributed by atoms with van der Waals surface area (Å²) in [4.78, 5) is 0. The van der Waals surface area contributed by atoms with Crippen molar-refractivity contribution in [2.75, 3.05) is 13.7 Å². The maximum atomic E-state index is 8.95. The second-order valence-corrected chi connectivity index (χ2v) is 3.44. The first-order valence-electron chi connectivity index (χ1n) is 4.29. The van der Waals surface area contributed by atoms with Crippen molar-refractivity contribution in [2.45, 2.75) is 12.5 Å². The van der Waals surface area contributed by atoms with E-state index in [1.54, 1.807) is 0 Å². The van der Waals surface area contributed by atoms with Crippen molar-refractivity contribution in [3.8, 4) is 0 Å². The van der Waals surface area contributed by atoms with Crippen LogP contribution in [0.1, 0.15) is 5.56 Å². The Morgan fingerprint density at radius 2 is 2.00 bits per heavy atom. The lowest BCUT2D eigenvalue weighted by Crippen LogP contribution is -2.31. The quantitative estimate of drug-likeness (QED) is 0.770. The van der Waals surface area contributed by atoms with Gasteiger partial charge in [0.1, 0.15) is 0 Å². The fourth-order valence-electron chi connectivity index (χ4n) is 1.16. The van der Waals surface area contributed by atoms with E-state index in [1.165, 1.54) is 5.56 Å². The second-order valence-electron chi connectivity index (χ2n) is 3.00. The largest absolute Gasteiger partial charge is 0.395 e.